The third kappa shape index (κ3) is 3.72. The molecule has 1 fully saturated rings. The van der Waals surface area contributed by atoms with E-state index in [-0.39, 0.29) is 22.9 Å². The van der Waals surface area contributed by atoms with Gasteiger partial charge in [0.15, 0.2) is 5.69 Å². The molecule has 2 heterocycles. The number of hydrogen-bond donors (Lipinski definition) is 1. The van der Waals surface area contributed by atoms with Crippen LogP contribution in [0.15, 0.2) is 43.0 Å². The molecule has 1 aliphatic carbocycles. The summed E-state index contributed by atoms with van der Waals surface area (Å²) < 4.78 is 7.08. The Bertz CT molecular complexity index is 1040. The molecule has 1 aliphatic rings. The first kappa shape index (κ1) is 19.1. The Morgan fingerprint density at radius 1 is 1.28 bits per heavy atom. The minimum atomic E-state index is -0.247. The van der Waals surface area contributed by atoms with Crippen LogP contribution in [0.2, 0.25) is 0 Å². The van der Waals surface area contributed by atoms with Gasteiger partial charge in [-0.25, -0.2) is 15.0 Å². The van der Waals surface area contributed by atoms with Crippen molar-refractivity contribution in [3.63, 3.8) is 0 Å². The van der Waals surface area contributed by atoms with Gasteiger partial charge in [0.2, 0.25) is 5.82 Å². The fraction of sp³-hybridized carbons (Fsp3) is 0.364. The third-order valence-electron chi connectivity index (χ3n) is 5.63. The first-order valence-electron chi connectivity index (χ1n) is 9.78. The third-order valence-corrected chi connectivity index (χ3v) is 5.63. The number of aryl methyl sites for hydroxylation is 2. The van der Waals surface area contributed by atoms with Gasteiger partial charge in [-0.1, -0.05) is 36.2 Å². The lowest BCUT2D eigenvalue weighted by atomic mass is 9.64. The predicted molar refractivity (Wildman–Crippen MR) is 109 cm³/mol. The molecule has 29 heavy (non-hydrogen) atoms. The van der Waals surface area contributed by atoms with Gasteiger partial charge in [-0.3, -0.25) is 9.36 Å². The van der Waals surface area contributed by atoms with Crippen molar-refractivity contribution in [2.75, 3.05) is 13.7 Å². The Kier molecular flexibility index (Phi) is 5.05. The highest BCUT2D eigenvalue weighted by molar-refractivity contribution is 5.92. The summed E-state index contributed by atoms with van der Waals surface area (Å²) in [5, 5.41) is 3.06. The molecule has 0 spiro atoms. The van der Waals surface area contributed by atoms with Crippen molar-refractivity contribution in [2.24, 2.45) is 0 Å². The van der Waals surface area contributed by atoms with Crippen molar-refractivity contribution in [2.45, 2.75) is 38.5 Å². The Hall–Kier alpha value is -3.22. The van der Waals surface area contributed by atoms with Gasteiger partial charge in [-0.2, -0.15) is 0 Å². The predicted octanol–water partition coefficient (Wildman–Crippen LogP) is 3.14. The Labute approximate surface area is 170 Å². The molecule has 0 saturated heterocycles. The molecular weight excluding hydrogens is 366 g/mol. The average molecular weight is 391 g/mol. The minimum Gasteiger partial charge on any atom is -0.478 e. The summed E-state index contributed by atoms with van der Waals surface area (Å²) in [4.78, 5) is 25.7. The summed E-state index contributed by atoms with van der Waals surface area (Å²) in [6.45, 7) is 4.57. The number of nitrogens with zero attached hydrogens (tertiary/aromatic N) is 4. The van der Waals surface area contributed by atoms with Gasteiger partial charge in [0.05, 0.1) is 19.0 Å². The monoisotopic (exact) mass is 391 g/mol. The number of rotatable bonds is 6. The molecule has 3 aromatic rings. The second-order valence-electron chi connectivity index (χ2n) is 7.70. The number of aromatic nitrogens is 4. The van der Waals surface area contributed by atoms with Gasteiger partial charge in [0.25, 0.3) is 11.8 Å². The van der Waals surface area contributed by atoms with Crippen molar-refractivity contribution in [1.82, 2.24) is 24.8 Å². The fourth-order valence-electron chi connectivity index (χ4n) is 3.81. The quantitative estimate of drug-likeness (QED) is 0.698. The Morgan fingerprint density at radius 2 is 2.10 bits per heavy atom. The molecule has 0 bridgehead atoms. The summed E-state index contributed by atoms with van der Waals surface area (Å²) in [6.07, 6.45) is 8.27. The first-order valence-corrected chi connectivity index (χ1v) is 9.78. The molecule has 0 radical (unpaired) electrons. The smallest absolute Gasteiger partial charge is 0.271 e. The zero-order valence-corrected chi connectivity index (χ0v) is 17.0. The molecule has 0 unspecified atom stereocenters. The lowest BCUT2D eigenvalue weighted by Gasteiger charge is -2.42. The molecule has 2 aromatic heterocycles. The van der Waals surface area contributed by atoms with E-state index < -0.39 is 0 Å². The standard InChI is InChI=1S/C22H25N5O2/c1-15-6-4-7-17(10-15)22(8-5-9-22)13-24-20(28)18-11-23-19(21(26-18)29-3)27-12-16(2)25-14-27/h4,6-7,10-12,14H,5,8-9,13H2,1-3H3,(H,24,28). The normalized spacial score (nSPS) is 14.9. The minimum absolute atomic E-state index is 0.00741. The van der Waals surface area contributed by atoms with Crippen molar-refractivity contribution < 1.29 is 9.53 Å². The topological polar surface area (TPSA) is 81.9 Å². The van der Waals surface area contributed by atoms with E-state index in [1.165, 1.54) is 30.9 Å². The number of ether oxygens (including phenoxy) is 1. The highest BCUT2D eigenvalue weighted by atomic mass is 16.5. The molecule has 7 heteroatoms. The maximum absolute atomic E-state index is 12.8. The second-order valence-corrected chi connectivity index (χ2v) is 7.70. The van der Waals surface area contributed by atoms with E-state index in [9.17, 15) is 4.79 Å². The number of benzene rings is 1. The summed E-state index contributed by atoms with van der Waals surface area (Å²) in [5.74, 6) is 0.537. The van der Waals surface area contributed by atoms with E-state index in [2.05, 4.69) is 51.5 Å². The summed E-state index contributed by atoms with van der Waals surface area (Å²) in [7, 11) is 1.51. The number of nitrogens with one attached hydrogen (secondary N) is 1. The van der Waals surface area contributed by atoms with Gasteiger partial charge in [0.1, 0.15) is 6.33 Å². The molecule has 7 nitrogen and oxygen atoms in total. The van der Waals surface area contributed by atoms with E-state index in [4.69, 9.17) is 4.74 Å². The molecular formula is C22H25N5O2. The maximum Gasteiger partial charge on any atom is 0.271 e. The Balaban J connectivity index is 1.51. The van der Waals surface area contributed by atoms with Gasteiger partial charge in [-0.15, -0.1) is 0 Å². The number of hydrogen-bond acceptors (Lipinski definition) is 5. The highest BCUT2D eigenvalue weighted by Gasteiger charge is 2.39. The molecule has 1 N–H and O–H groups in total. The van der Waals surface area contributed by atoms with Crippen molar-refractivity contribution in [3.8, 4) is 11.7 Å². The fourth-order valence-corrected chi connectivity index (χ4v) is 3.81. The summed E-state index contributed by atoms with van der Waals surface area (Å²) >= 11 is 0. The van der Waals surface area contributed by atoms with Crippen molar-refractivity contribution >= 4 is 5.91 Å². The SMILES string of the molecule is COc1nc(C(=O)NCC2(c3cccc(C)c3)CCC2)cnc1-n1cnc(C)c1. The van der Waals surface area contributed by atoms with Crippen LogP contribution in [0.5, 0.6) is 5.88 Å². The van der Waals surface area contributed by atoms with Gasteiger partial charge >= 0.3 is 0 Å². The van der Waals surface area contributed by atoms with Crippen LogP contribution >= 0.6 is 0 Å². The summed E-state index contributed by atoms with van der Waals surface area (Å²) in [6, 6.07) is 8.55. The van der Waals surface area contributed by atoms with Gasteiger partial charge < -0.3 is 10.1 Å². The van der Waals surface area contributed by atoms with Crippen molar-refractivity contribution in [1.29, 1.82) is 0 Å². The van der Waals surface area contributed by atoms with E-state index in [1.807, 2.05) is 13.1 Å². The largest absolute Gasteiger partial charge is 0.478 e. The molecule has 0 atom stereocenters. The molecule has 1 saturated carbocycles. The number of carbonyl (C=O) groups is 1. The lowest BCUT2D eigenvalue weighted by molar-refractivity contribution is 0.0921. The molecule has 0 aliphatic heterocycles. The zero-order chi connectivity index (χ0) is 20.4. The average Bonchev–Trinajstić information content (AvgIpc) is 3.12. The zero-order valence-electron chi connectivity index (χ0n) is 17.0. The number of carbonyl (C=O) groups excluding carboxylic acids is 1. The molecule has 1 aromatic carbocycles. The van der Waals surface area contributed by atoms with Crippen LogP contribution < -0.4 is 10.1 Å². The molecule has 150 valence electrons. The van der Waals surface area contributed by atoms with Crippen LogP contribution in [0.4, 0.5) is 0 Å². The Morgan fingerprint density at radius 3 is 2.72 bits per heavy atom. The van der Waals surface area contributed by atoms with E-state index in [0.717, 1.165) is 18.5 Å². The molecule has 4 rings (SSSR count). The number of methoxy groups -OCH3 is 1. The van der Waals surface area contributed by atoms with Crippen LogP contribution in [0.3, 0.4) is 0 Å². The maximum atomic E-state index is 12.8. The highest BCUT2D eigenvalue weighted by Crippen LogP contribution is 2.43. The number of imidazole rings is 1. The summed E-state index contributed by atoms with van der Waals surface area (Å²) in [5.41, 5.74) is 3.63. The van der Waals surface area contributed by atoms with Crippen LogP contribution in [0.25, 0.3) is 5.82 Å². The molecule has 1 amide bonds. The lowest BCUT2D eigenvalue weighted by Crippen LogP contribution is -2.45. The van der Waals surface area contributed by atoms with Crippen LogP contribution in [0.1, 0.15) is 46.6 Å². The first-order chi connectivity index (χ1) is 14.0. The van der Waals surface area contributed by atoms with Crippen LogP contribution in [0, 0.1) is 13.8 Å². The van der Waals surface area contributed by atoms with Crippen LogP contribution in [-0.4, -0.2) is 39.1 Å². The van der Waals surface area contributed by atoms with Crippen molar-refractivity contribution in [3.05, 3.63) is 65.5 Å². The second kappa shape index (κ2) is 7.66. The van der Waals surface area contributed by atoms with E-state index >= 15 is 0 Å². The van der Waals surface area contributed by atoms with Gasteiger partial charge in [0, 0.05) is 18.2 Å². The number of amides is 1. The van der Waals surface area contributed by atoms with Gasteiger partial charge in [-0.05, 0) is 32.3 Å². The van der Waals surface area contributed by atoms with E-state index in [0.29, 0.717) is 12.4 Å². The van der Waals surface area contributed by atoms with Crippen LogP contribution in [-0.2, 0) is 5.41 Å². The van der Waals surface area contributed by atoms with E-state index in [1.54, 1.807) is 10.9 Å².